The summed E-state index contributed by atoms with van der Waals surface area (Å²) in [4.78, 5) is 2.64. The van der Waals surface area contributed by atoms with Gasteiger partial charge in [-0.25, -0.2) is 0 Å². The van der Waals surface area contributed by atoms with Crippen LogP contribution >= 0.6 is 0 Å². The van der Waals surface area contributed by atoms with Crippen molar-refractivity contribution >= 4 is 0 Å². The van der Waals surface area contributed by atoms with Gasteiger partial charge < -0.3 is 4.90 Å². The summed E-state index contributed by atoms with van der Waals surface area (Å²) in [5, 5.41) is 0. The first-order chi connectivity index (χ1) is 5.90. The number of hydrogen-bond donors (Lipinski definition) is 0. The summed E-state index contributed by atoms with van der Waals surface area (Å²) in [7, 11) is 0. The molecule has 0 N–H and O–H groups in total. The highest BCUT2D eigenvalue weighted by Gasteiger charge is 2.36. The van der Waals surface area contributed by atoms with Crippen molar-refractivity contribution in [3.63, 3.8) is 0 Å². The van der Waals surface area contributed by atoms with E-state index >= 15 is 0 Å². The minimum absolute atomic E-state index is 0.924. The molecule has 1 nitrogen and oxygen atoms in total. The lowest BCUT2D eigenvalue weighted by Crippen LogP contribution is -2.32. The van der Waals surface area contributed by atoms with Crippen LogP contribution in [0.4, 0.5) is 0 Å². The summed E-state index contributed by atoms with van der Waals surface area (Å²) in [6.07, 6.45) is 11.8. The van der Waals surface area contributed by atoms with Crippen LogP contribution in [0.5, 0.6) is 0 Å². The normalized spacial score (nSPS) is 33.9. The van der Waals surface area contributed by atoms with Gasteiger partial charge in [0.05, 0.1) is 0 Å². The summed E-state index contributed by atoms with van der Waals surface area (Å²) in [5.74, 6) is 3.74. The van der Waals surface area contributed by atoms with E-state index in [-0.39, 0.29) is 0 Å². The number of piperidine rings is 1. The number of nitrogens with zero attached hydrogens (tertiary/aromatic N) is 1. The van der Waals surface area contributed by atoms with Crippen molar-refractivity contribution in [3.05, 3.63) is 0 Å². The monoisotopic (exact) mass is 163 g/mol. The van der Waals surface area contributed by atoms with Gasteiger partial charge in [-0.05, 0) is 38.1 Å². The van der Waals surface area contributed by atoms with Gasteiger partial charge in [0.2, 0.25) is 0 Å². The number of unbranched alkanes of at least 4 members (excludes halogenated alkanes) is 1. The maximum absolute atomic E-state index is 5.22. The standard InChI is InChI=1S/C11H17N/c1-2-3-4-7-12-9-10-5-6-11(12)8-10/h1,10-11H,3-9H2. The molecule has 2 unspecified atom stereocenters. The van der Waals surface area contributed by atoms with E-state index in [4.69, 9.17) is 6.42 Å². The molecular weight excluding hydrogens is 146 g/mol. The van der Waals surface area contributed by atoms with Crippen molar-refractivity contribution in [2.75, 3.05) is 13.1 Å². The van der Waals surface area contributed by atoms with Crippen LogP contribution in [0.2, 0.25) is 0 Å². The number of rotatable bonds is 3. The van der Waals surface area contributed by atoms with Gasteiger partial charge in [-0.2, -0.15) is 0 Å². The van der Waals surface area contributed by atoms with Gasteiger partial charge >= 0.3 is 0 Å². The van der Waals surface area contributed by atoms with E-state index in [0.29, 0.717) is 0 Å². The van der Waals surface area contributed by atoms with Crippen LogP contribution < -0.4 is 0 Å². The first-order valence-corrected chi connectivity index (χ1v) is 5.07. The Labute approximate surface area is 75.1 Å². The third kappa shape index (κ3) is 1.49. The first kappa shape index (κ1) is 8.13. The van der Waals surface area contributed by atoms with Gasteiger partial charge in [0, 0.05) is 19.0 Å². The molecule has 1 heteroatoms. The zero-order chi connectivity index (χ0) is 8.39. The quantitative estimate of drug-likeness (QED) is 0.453. The summed E-state index contributed by atoms with van der Waals surface area (Å²) >= 11 is 0. The molecule has 2 atom stereocenters. The molecule has 1 aliphatic carbocycles. The number of likely N-dealkylation sites (tertiary alicyclic amines) is 1. The summed E-state index contributed by atoms with van der Waals surface area (Å²) in [6.45, 7) is 2.60. The van der Waals surface area contributed by atoms with E-state index in [2.05, 4.69) is 10.8 Å². The van der Waals surface area contributed by atoms with Crippen molar-refractivity contribution < 1.29 is 0 Å². The van der Waals surface area contributed by atoms with Gasteiger partial charge in [0.1, 0.15) is 0 Å². The molecule has 0 aromatic carbocycles. The predicted octanol–water partition coefficient (Wildman–Crippen LogP) is 1.88. The lowest BCUT2D eigenvalue weighted by atomic mass is 10.1. The summed E-state index contributed by atoms with van der Waals surface area (Å²) in [5.41, 5.74) is 0. The molecule has 2 fully saturated rings. The van der Waals surface area contributed by atoms with Crippen LogP contribution in [0.1, 0.15) is 32.1 Å². The fraction of sp³-hybridized carbons (Fsp3) is 0.818. The average Bonchev–Trinajstić information content (AvgIpc) is 2.65. The Morgan fingerprint density at radius 1 is 1.42 bits per heavy atom. The van der Waals surface area contributed by atoms with E-state index in [1.807, 2.05) is 0 Å². The van der Waals surface area contributed by atoms with Gasteiger partial charge in [0.25, 0.3) is 0 Å². The third-order valence-electron chi connectivity index (χ3n) is 3.29. The average molecular weight is 163 g/mol. The Morgan fingerprint density at radius 2 is 2.33 bits per heavy atom. The Bertz CT molecular complexity index is 192. The molecule has 0 spiro atoms. The highest BCUT2D eigenvalue weighted by atomic mass is 15.2. The molecule has 2 aliphatic rings. The SMILES string of the molecule is C#CCCCN1CC2CCC1C2. The summed E-state index contributed by atoms with van der Waals surface area (Å²) in [6, 6.07) is 0.924. The van der Waals surface area contributed by atoms with Crippen molar-refractivity contribution in [3.8, 4) is 12.3 Å². The van der Waals surface area contributed by atoms with Gasteiger partial charge in [-0.15, -0.1) is 12.3 Å². The van der Waals surface area contributed by atoms with Crippen molar-refractivity contribution in [1.29, 1.82) is 0 Å². The van der Waals surface area contributed by atoms with Crippen molar-refractivity contribution in [2.45, 2.75) is 38.1 Å². The minimum atomic E-state index is 0.924. The maximum Gasteiger partial charge on any atom is 0.00986 e. The van der Waals surface area contributed by atoms with E-state index in [1.165, 1.54) is 38.8 Å². The minimum Gasteiger partial charge on any atom is -0.300 e. The van der Waals surface area contributed by atoms with Crippen LogP contribution in [0.3, 0.4) is 0 Å². The zero-order valence-corrected chi connectivity index (χ0v) is 7.63. The molecule has 2 bridgehead atoms. The highest BCUT2D eigenvalue weighted by Crippen LogP contribution is 2.37. The van der Waals surface area contributed by atoms with Crippen LogP contribution in [0.25, 0.3) is 0 Å². The smallest absolute Gasteiger partial charge is 0.00986 e. The number of fused-ring (bicyclic) bond motifs is 2. The van der Waals surface area contributed by atoms with Crippen molar-refractivity contribution in [1.82, 2.24) is 4.90 Å². The Morgan fingerprint density at radius 3 is 2.92 bits per heavy atom. The fourth-order valence-electron chi connectivity index (χ4n) is 2.68. The van der Waals surface area contributed by atoms with Gasteiger partial charge in [-0.3, -0.25) is 0 Å². The molecule has 0 radical (unpaired) electrons. The Balaban J connectivity index is 1.73. The number of hydrogen-bond acceptors (Lipinski definition) is 1. The fourth-order valence-corrected chi connectivity index (χ4v) is 2.68. The molecule has 1 saturated heterocycles. The van der Waals surface area contributed by atoms with Gasteiger partial charge in [0.15, 0.2) is 0 Å². The second-order valence-corrected chi connectivity index (χ2v) is 4.14. The Hall–Kier alpha value is -0.480. The molecular formula is C11H17N. The maximum atomic E-state index is 5.22. The van der Waals surface area contributed by atoms with E-state index < -0.39 is 0 Å². The highest BCUT2D eigenvalue weighted by molar-refractivity contribution is 4.92. The lowest BCUT2D eigenvalue weighted by molar-refractivity contribution is 0.212. The van der Waals surface area contributed by atoms with Gasteiger partial charge in [-0.1, -0.05) is 0 Å². The molecule has 12 heavy (non-hydrogen) atoms. The largest absolute Gasteiger partial charge is 0.300 e. The molecule has 1 heterocycles. The molecule has 2 rings (SSSR count). The van der Waals surface area contributed by atoms with Crippen LogP contribution in [-0.2, 0) is 0 Å². The molecule has 0 aromatic heterocycles. The second kappa shape index (κ2) is 3.49. The molecule has 0 amide bonds. The molecule has 66 valence electrons. The zero-order valence-electron chi connectivity index (χ0n) is 7.63. The molecule has 0 aromatic rings. The van der Waals surface area contributed by atoms with Crippen LogP contribution in [-0.4, -0.2) is 24.0 Å². The predicted molar refractivity (Wildman–Crippen MR) is 50.8 cm³/mol. The lowest BCUT2D eigenvalue weighted by Gasteiger charge is -2.26. The third-order valence-corrected chi connectivity index (χ3v) is 3.29. The Kier molecular flexibility index (Phi) is 2.37. The first-order valence-electron chi connectivity index (χ1n) is 5.07. The number of terminal acetylenes is 1. The van der Waals surface area contributed by atoms with Crippen molar-refractivity contribution in [2.24, 2.45) is 5.92 Å². The topological polar surface area (TPSA) is 3.24 Å². The van der Waals surface area contributed by atoms with E-state index in [1.54, 1.807) is 0 Å². The molecule has 1 aliphatic heterocycles. The van der Waals surface area contributed by atoms with E-state index in [0.717, 1.165) is 18.4 Å². The summed E-state index contributed by atoms with van der Waals surface area (Å²) < 4.78 is 0. The second-order valence-electron chi connectivity index (χ2n) is 4.14. The van der Waals surface area contributed by atoms with E-state index in [9.17, 15) is 0 Å². The van der Waals surface area contributed by atoms with Crippen LogP contribution in [0, 0.1) is 18.3 Å². The van der Waals surface area contributed by atoms with Crippen LogP contribution in [0.15, 0.2) is 0 Å². The molecule has 1 saturated carbocycles.